The molecule has 1 aromatic rings. The van der Waals surface area contributed by atoms with Crippen LogP contribution < -0.4 is 16.2 Å². The Bertz CT molecular complexity index is 512. The largest absolute Gasteiger partial charge is 0.399 e. The molecule has 1 rings (SSSR count). The fraction of sp³-hybridized carbons (Fsp3) is 0.500. The van der Waals surface area contributed by atoms with E-state index in [9.17, 15) is 8.42 Å². The summed E-state index contributed by atoms with van der Waals surface area (Å²) in [6, 6.07) is 4.88. The number of rotatable bonds is 5. The number of anilines is 2. The third kappa shape index (κ3) is 3.61. The Morgan fingerprint density at radius 1 is 1.33 bits per heavy atom. The lowest BCUT2D eigenvalue weighted by atomic mass is 10.0. The van der Waals surface area contributed by atoms with Crippen LogP contribution in [0.2, 0.25) is 0 Å². The third-order valence-electron chi connectivity index (χ3n) is 2.90. The molecule has 102 valence electrons. The summed E-state index contributed by atoms with van der Waals surface area (Å²) >= 11 is 0. The predicted molar refractivity (Wildman–Crippen MR) is 74.8 cm³/mol. The van der Waals surface area contributed by atoms with Crippen LogP contribution in [0.1, 0.15) is 27.2 Å². The topological polar surface area (TPSA) is 98.2 Å². The third-order valence-corrected chi connectivity index (χ3v) is 3.85. The quantitative estimate of drug-likeness (QED) is 0.711. The zero-order chi connectivity index (χ0) is 13.9. The van der Waals surface area contributed by atoms with Crippen molar-refractivity contribution in [3.63, 3.8) is 0 Å². The van der Waals surface area contributed by atoms with Crippen molar-refractivity contribution in [3.05, 3.63) is 18.2 Å². The molecule has 1 unspecified atom stereocenters. The van der Waals surface area contributed by atoms with E-state index in [0.717, 1.165) is 6.42 Å². The van der Waals surface area contributed by atoms with Gasteiger partial charge in [-0.15, -0.1) is 0 Å². The van der Waals surface area contributed by atoms with E-state index in [1.807, 2.05) is 6.92 Å². The highest BCUT2D eigenvalue weighted by atomic mass is 32.2. The second kappa shape index (κ2) is 5.58. The van der Waals surface area contributed by atoms with Crippen molar-refractivity contribution in [1.82, 2.24) is 0 Å². The van der Waals surface area contributed by atoms with Gasteiger partial charge in [-0.2, -0.15) is 0 Å². The molecule has 0 heterocycles. The second-order valence-electron chi connectivity index (χ2n) is 4.70. The van der Waals surface area contributed by atoms with E-state index in [4.69, 9.17) is 10.9 Å². The van der Waals surface area contributed by atoms with Crippen LogP contribution in [-0.2, 0) is 10.0 Å². The average molecular weight is 271 g/mol. The molecule has 0 fully saturated rings. The Hall–Kier alpha value is -1.27. The van der Waals surface area contributed by atoms with Crippen molar-refractivity contribution in [2.75, 3.05) is 11.1 Å². The highest BCUT2D eigenvalue weighted by Gasteiger charge is 2.18. The van der Waals surface area contributed by atoms with Gasteiger partial charge in [0.2, 0.25) is 10.0 Å². The van der Waals surface area contributed by atoms with Gasteiger partial charge in [-0.3, -0.25) is 0 Å². The molecule has 0 aromatic heterocycles. The maximum absolute atomic E-state index is 11.5. The Labute approximate surface area is 109 Å². The highest BCUT2D eigenvalue weighted by molar-refractivity contribution is 7.89. The molecule has 1 aromatic carbocycles. The maximum atomic E-state index is 11.5. The number of hydrogen-bond donors (Lipinski definition) is 3. The minimum atomic E-state index is -3.78. The Balaban J connectivity index is 3.17. The Kier molecular flexibility index (Phi) is 4.59. The van der Waals surface area contributed by atoms with Gasteiger partial charge in [-0.05, 0) is 30.5 Å². The minimum absolute atomic E-state index is 0.0431. The minimum Gasteiger partial charge on any atom is -0.399 e. The molecule has 0 aliphatic carbocycles. The standard InChI is InChI=1S/C12H21N3O2S/c1-4-10(8(2)3)15-11-6-5-9(13)7-12(11)18(14,16)17/h5-8,10,15H,4,13H2,1-3H3,(H2,14,16,17). The fourth-order valence-corrected chi connectivity index (χ4v) is 2.57. The molecule has 0 saturated carbocycles. The summed E-state index contributed by atoms with van der Waals surface area (Å²) in [5.41, 5.74) is 6.48. The molecule has 1 atom stereocenters. The number of nitrogens with one attached hydrogen (secondary N) is 1. The number of sulfonamides is 1. The Morgan fingerprint density at radius 2 is 1.94 bits per heavy atom. The predicted octanol–water partition coefficient (Wildman–Crippen LogP) is 1.76. The molecule has 0 aliphatic rings. The second-order valence-corrected chi connectivity index (χ2v) is 6.23. The van der Waals surface area contributed by atoms with Crippen molar-refractivity contribution in [3.8, 4) is 0 Å². The normalized spacial score (nSPS) is 13.6. The van der Waals surface area contributed by atoms with E-state index in [2.05, 4.69) is 19.2 Å². The van der Waals surface area contributed by atoms with Crippen LogP contribution in [0.25, 0.3) is 0 Å². The first-order chi connectivity index (χ1) is 8.25. The molecule has 0 bridgehead atoms. The molecule has 5 N–H and O–H groups in total. The molecular weight excluding hydrogens is 250 g/mol. The first-order valence-electron chi connectivity index (χ1n) is 5.94. The molecule has 18 heavy (non-hydrogen) atoms. The van der Waals surface area contributed by atoms with Crippen molar-refractivity contribution in [2.24, 2.45) is 11.1 Å². The summed E-state index contributed by atoms with van der Waals surface area (Å²) in [7, 11) is -3.78. The molecule has 0 saturated heterocycles. The number of primary sulfonamides is 1. The lowest BCUT2D eigenvalue weighted by Crippen LogP contribution is -2.26. The summed E-state index contributed by atoms with van der Waals surface area (Å²) < 4.78 is 23.1. The van der Waals surface area contributed by atoms with Gasteiger partial charge in [0.25, 0.3) is 0 Å². The van der Waals surface area contributed by atoms with E-state index >= 15 is 0 Å². The molecule has 5 nitrogen and oxygen atoms in total. The monoisotopic (exact) mass is 271 g/mol. The van der Waals surface area contributed by atoms with Crippen LogP contribution in [-0.4, -0.2) is 14.5 Å². The van der Waals surface area contributed by atoms with E-state index in [0.29, 0.717) is 17.3 Å². The number of nitrogens with two attached hydrogens (primary N) is 2. The van der Waals surface area contributed by atoms with Gasteiger partial charge in [0.15, 0.2) is 0 Å². The first kappa shape index (κ1) is 14.8. The molecule has 0 radical (unpaired) electrons. The average Bonchev–Trinajstić information content (AvgIpc) is 2.25. The van der Waals surface area contributed by atoms with Gasteiger partial charge in [-0.25, -0.2) is 13.6 Å². The molecule has 0 aliphatic heterocycles. The summed E-state index contributed by atoms with van der Waals surface area (Å²) in [6.45, 7) is 6.20. The van der Waals surface area contributed by atoms with Crippen LogP contribution in [0, 0.1) is 5.92 Å². The molecular formula is C12H21N3O2S. The number of benzene rings is 1. The molecule has 0 spiro atoms. The van der Waals surface area contributed by atoms with Crippen LogP contribution in [0.4, 0.5) is 11.4 Å². The number of hydrogen-bond acceptors (Lipinski definition) is 4. The van der Waals surface area contributed by atoms with E-state index in [1.54, 1.807) is 12.1 Å². The smallest absolute Gasteiger partial charge is 0.240 e. The van der Waals surface area contributed by atoms with E-state index < -0.39 is 10.0 Å². The van der Waals surface area contributed by atoms with Crippen LogP contribution in [0.5, 0.6) is 0 Å². The Morgan fingerprint density at radius 3 is 2.39 bits per heavy atom. The molecule has 6 heteroatoms. The van der Waals surface area contributed by atoms with Gasteiger partial charge in [0.05, 0.1) is 5.69 Å². The van der Waals surface area contributed by atoms with Crippen molar-refractivity contribution >= 4 is 21.4 Å². The SMILES string of the molecule is CCC(Nc1ccc(N)cc1S(N)(=O)=O)C(C)C. The van der Waals surface area contributed by atoms with Crippen molar-refractivity contribution < 1.29 is 8.42 Å². The van der Waals surface area contributed by atoms with Gasteiger partial charge >= 0.3 is 0 Å². The van der Waals surface area contributed by atoms with Crippen LogP contribution >= 0.6 is 0 Å². The van der Waals surface area contributed by atoms with Crippen molar-refractivity contribution in [2.45, 2.75) is 38.1 Å². The van der Waals surface area contributed by atoms with E-state index in [-0.39, 0.29) is 10.9 Å². The maximum Gasteiger partial charge on any atom is 0.240 e. The summed E-state index contributed by atoms with van der Waals surface area (Å²) in [5.74, 6) is 0.390. The van der Waals surface area contributed by atoms with Gasteiger partial charge in [0.1, 0.15) is 4.90 Å². The van der Waals surface area contributed by atoms with Gasteiger partial charge < -0.3 is 11.1 Å². The fourth-order valence-electron chi connectivity index (χ4n) is 1.83. The van der Waals surface area contributed by atoms with Crippen molar-refractivity contribution in [1.29, 1.82) is 0 Å². The summed E-state index contributed by atoms with van der Waals surface area (Å²) in [4.78, 5) is 0.0431. The van der Waals surface area contributed by atoms with Gasteiger partial charge in [0, 0.05) is 11.7 Å². The lowest BCUT2D eigenvalue weighted by Gasteiger charge is -2.23. The lowest BCUT2D eigenvalue weighted by molar-refractivity contribution is 0.510. The number of nitrogen functional groups attached to an aromatic ring is 1. The highest BCUT2D eigenvalue weighted by Crippen LogP contribution is 2.25. The zero-order valence-electron chi connectivity index (χ0n) is 11.0. The van der Waals surface area contributed by atoms with Gasteiger partial charge in [-0.1, -0.05) is 20.8 Å². The zero-order valence-corrected chi connectivity index (χ0v) is 11.8. The summed E-state index contributed by atoms with van der Waals surface area (Å²) in [5, 5.41) is 8.41. The van der Waals surface area contributed by atoms with Crippen LogP contribution in [0.15, 0.2) is 23.1 Å². The van der Waals surface area contributed by atoms with E-state index in [1.165, 1.54) is 6.07 Å². The molecule has 0 amide bonds. The summed E-state index contributed by atoms with van der Waals surface area (Å²) in [6.07, 6.45) is 0.895. The first-order valence-corrected chi connectivity index (χ1v) is 7.49. The van der Waals surface area contributed by atoms with Crippen LogP contribution in [0.3, 0.4) is 0 Å².